The van der Waals surface area contributed by atoms with Gasteiger partial charge in [-0.05, 0) is 25.3 Å². The first-order valence-electron chi connectivity index (χ1n) is 3.66. The molecule has 0 N–H and O–H groups in total. The molecule has 0 amide bonds. The minimum atomic E-state index is 0.291. The van der Waals surface area contributed by atoms with Crippen LogP contribution in [-0.2, 0) is 4.79 Å². The van der Waals surface area contributed by atoms with Crippen LogP contribution in [0.3, 0.4) is 0 Å². The summed E-state index contributed by atoms with van der Waals surface area (Å²) in [5, 5.41) is 0. The maximum Gasteiger partial charge on any atom is 0.155 e. The molecule has 0 saturated heterocycles. The van der Waals surface area contributed by atoms with Gasteiger partial charge in [-0.15, -0.1) is 6.58 Å². The zero-order chi connectivity index (χ0) is 7.40. The molecule has 1 aliphatic carbocycles. The zero-order valence-corrected chi connectivity index (χ0v) is 6.10. The van der Waals surface area contributed by atoms with Crippen molar-refractivity contribution in [3.05, 3.63) is 24.3 Å². The van der Waals surface area contributed by atoms with E-state index in [2.05, 4.69) is 6.58 Å². The summed E-state index contributed by atoms with van der Waals surface area (Å²) in [5.74, 6) is 0.291. The van der Waals surface area contributed by atoms with Gasteiger partial charge < -0.3 is 0 Å². The Morgan fingerprint density at radius 2 is 2.40 bits per heavy atom. The molecule has 0 atom stereocenters. The summed E-state index contributed by atoms with van der Waals surface area (Å²) < 4.78 is 0. The molecule has 0 saturated carbocycles. The second-order valence-corrected chi connectivity index (χ2v) is 2.60. The van der Waals surface area contributed by atoms with Crippen molar-refractivity contribution in [1.29, 1.82) is 0 Å². The Labute approximate surface area is 61.4 Å². The lowest BCUT2D eigenvalue weighted by molar-refractivity contribution is -0.114. The second kappa shape index (κ2) is 3.35. The fourth-order valence-electron chi connectivity index (χ4n) is 1.14. The molecule has 54 valence electrons. The molecule has 0 aromatic rings. The van der Waals surface area contributed by atoms with Crippen LogP contribution < -0.4 is 0 Å². The van der Waals surface area contributed by atoms with Crippen molar-refractivity contribution in [2.75, 3.05) is 0 Å². The Bertz CT molecular complexity index is 177. The van der Waals surface area contributed by atoms with Gasteiger partial charge in [-0.25, -0.2) is 0 Å². The highest BCUT2D eigenvalue weighted by Gasteiger charge is 2.09. The molecule has 0 heterocycles. The van der Waals surface area contributed by atoms with Gasteiger partial charge >= 0.3 is 0 Å². The van der Waals surface area contributed by atoms with Crippen molar-refractivity contribution in [2.24, 2.45) is 0 Å². The van der Waals surface area contributed by atoms with Gasteiger partial charge in [0.05, 0.1) is 0 Å². The Morgan fingerprint density at radius 3 is 2.90 bits per heavy atom. The van der Waals surface area contributed by atoms with E-state index in [9.17, 15) is 4.79 Å². The third kappa shape index (κ3) is 1.83. The highest BCUT2D eigenvalue weighted by molar-refractivity contribution is 5.92. The monoisotopic (exact) mass is 136 g/mol. The van der Waals surface area contributed by atoms with Crippen LogP contribution in [-0.4, -0.2) is 5.78 Å². The SMILES string of the molecule is C=CCCC1=CC(=O)CC1. The average molecular weight is 136 g/mol. The Balaban J connectivity index is 2.35. The van der Waals surface area contributed by atoms with E-state index in [0.29, 0.717) is 5.78 Å². The molecule has 1 rings (SSSR count). The molecule has 1 aliphatic rings. The Kier molecular flexibility index (Phi) is 2.43. The molecule has 0 aliphatic heterocycles. The lowest BCUT2D eigenvalue weighted by Crippen LogP contribution is -1.80. The molecule has 0 radical (unpaired) electrons. The van der Waals surface area contributed by atoms with E-state index in [4.69, 9.17) is 0 Å². The van der Waals surface area contributed by atoms with E-state index in [1.807, 2.05) is 6.08 Å². The number of rotatable bonds is 3. The fourth-order valence-corrected chi connectivity index (χ4v) is 1.14. The molecule has 0 fully saturated rings. The Hall–Kier alpha value is -0.850. The van der Waals surface area contributed by atoms with E-state index in [1.54, 1.807) is 6.08 Å². The van der Waals surface area contributed by atoms with Crippen molar-refractivity contribution in [3.63, 3.8) is 0 Å². The highest BCUT2D eigenvalue weighted by atomic mass is 16.1. The molecule has 10 heavy (non-hydrogen) atoms. The van der Waals surface area contributed by atoms with Gasteiger partial charge in [0.25, 0.3) is 0 Å². The first-order valence-corrected chi connectivity index (χ1v) is 3.66. The first-order chi connectivity index (χ1) is 4.83. The molecule has 0 unspecified atom stereocenters. The fraction of sp³-hybridized carbons (Fsp3) is 0.444. The maximum atomic E-state index is 10.7. The van der Waals surface area contributed by atoms with Crippen molar-refractivity contribution >= 4 is 5.78 Å². The van der Waals surface area contributed by atoms with Crippen molar-refractivity contribution < 1.29 is 4.79 Å². The van der Waals surface area contributed by atoms with Gasteiger partial charge in [-0.3, -0.25) is 4.79 Å². The van der Waals surface area contributed by atoms with Crippen LogP contribution in [0.25, 0.3) is 0 Å². The number of ketones is 1. The molecule has 1 heteroatoms. The summed E-state index contributed by atoms with van der Waals surface area (Å²) >= 11 is 0. The number of hydrogen-bond donors (Lipinski definition) is 0. The van der Waals surface area contributed by atoms with Gasteiger partial charge in [-0.1, -0.05) is 11.6 Å². The summed E-state index contributed by atoms with van der Waals surface area (Å²) in [5.41, 5.74) is 1.30. The maximum absolute atomic E-state index is 10.7. The number of carbonyl (C=O) groups excluding carboxylic acids is 1. The average Bonchev–Trinajstić information content (AvgIpc) is 2.31. The van der Waals surface area contributed by atoms with Gasteiger partial charge in [0.1, 0.15) is 0 Å². The van der Waals surface area contributed by atoms with Gasteiger partial charge in [-0.2, -0.15) is 0 Å². The van der Waals surface area contributed by atoms with E-state index < -0.39 is 0 Å². The molecular formula is C9H12O. The van der Waals surface area contributed by atoms with Crippen LogP contribution in [0.5, 0.6) is 0 Å². The van der Waals surface area contributed by atoms with Gasteiger partial charge in [0.2, 0.25) is 0 Å². The van der Waals surface area contributed by atoms with E-state index in [-0.39, 0.29) is 0 Å². The zero-order valence-electron chi connectivity index (χ0n) is 6.10. The minimum absolute atomic E-state index is 0.291. The lowest BCUT2D eigenvalue weighted by atomic mass is 10.1. The minimum Gasteiger partial charge on any atom is -0.295 e. The number of hydrogen-bond acceptors (Lipinski definition) is 1. The second-order valence-electron chi connectivity index (χ2n) is 2.60. The molecule has 0 bridgehead atoms. The smallest absolute Gasteiger partial charge is 0.155 e. The van der Waals surface area contributed by atoms with Crippen LogP contribution in [0.4, 0.5) is 0 Å². The van der Waals surface area contributed by atoms with Crippen molar-refractivity contribution in [1.82, 2.24) is 0 Å². The first kappa shape index (κ1) is 7.26. The lowest BCUT2D eigenvalue weighted by Gasteiger charge is -1.93. The van der Waals surface area contributed by atoms with Crippen LogP contribution in [0.15, 0.2) is 24.3 Å². The van der Waals surface area contributed by atoms with Crippen LogP contribution >= 0.6 is 0 Å². The van der Waals surface area contributed by atoms with Crippen LogP contribution in [0.1, 0.15) is 25.7 Å². The highest BCUT2D eigenvalue weighted by Crippen LogP contribution is 2.19. The third-order valence-electron chi connectivity index (χ3n) is 1.73. The predicted molar refractivity (Wildman–Crippen MR) is 41.8 cm³/mol. The van der Waals surface area contributed by atoms with Crippen LogP contribution in [0, 0.1) is 0 Å². The molecular weight excluding hydrogens is 124 g/mol. The summed E-state index contributed by atoms with van der Waals surface area (Å²) in [4.78, 5) is 10.7. The van der Waals surface area contributed by atoms with Gasteiger partial charge in [0.15, 0.2) is 5.78 Å². The molecule has 1 nitrogen and oxygen atoms in total. The predicted octanol–water partition coefficient (Wildman–Crippen LogP) is 2.24. The van der Waals surface area contributed by atoms with Crippen LogP contribution in [0.2, 0.25) is 0 Å². The summed E-state index contributed by atoms with van der Waals surface area (Å²) in [6.45, 7) is 3.63. The summed E-state index contributed by atoms with van der Waals surface area (Å²) in [7, 11) is 0. The largest absolute Gasteiger partial charge is 0.295 e. The normalized spacial score (nSPS) is 17.2. The molecule has 0 aromatic carbocycles. The Morgan fingerprint density at radius 1 is 1.60 bits per heavy atom. The van der Waals surface area contributed by atoms with Gasteiger partial charge in [0, 0.05) is 6.42 Å². The third-order valence-corrected chi connectivity index (χ3v) is 1.73. The topological polar surface area (TPSA) is 17.1 Å². The van der Waals surface area contributed by atoms with E-state index in [1.165, 1.54) is 5.57 Å². The molecule has 0 aromatic heterocycles. The van der Waals surface area contributed by atoms with Crippen molar-refractivity contribution in [3.8, 4) is 0 Å². The van der Waals surface area contributed by atoms with E-state index >= 15 is 0 Å². The standard InChI is InChI=1S/C9H12O/c1-2-3-4-8-5-6-9(10)7-8/h2,7H,1,3-6H2. The molecule has 0 spiro atoms. The van der Waals surface area contributed by atoms with E-state index in [0.717, 1.165) is 25.7 Å². The quantitative estimate of drug-likeness (QED) is 0.544. The number of allylic oxidation sites excluding steroid dienone is 3. The summed E-state index contributed by atoms with van der Waals surface area (Å²) in [6, 6.07) is 0. The van der Waals surface area contributed by atoms with Crippen molar-refractivity contribution in [2.45, 2.75) is 25.7 Å². The summed E-state index contributed by atoms with van der Waals surface area (Å²) in [6.07, 6.45) is 7.40. The number of carbonyl (C=O) groups is 1.